The molecular weight excluding hydrogens is 687 g/mol. The molecule has 1 aromatic rings. The van der Waals surface area contributed by atoms with Gasteiger partial charge in [0.15, 0.2) is 6.29 Å². The van der Waals surface area contributed by atoms with E-state index < -0.39 is 58.5 Å². The summed E-state index contributed by atoms with van der Waals surface area (Å²) in [7, 11) is 1.56. The second-order valence-electron chi connectivity index (χ2n) is 15.1. The quantitative estimate of drug-likeness (QED) is 0.199. The molecule has 3 aliphatic rings. The molecule has 4 rings (SSSR count). The minimum absolute atomic E-state index is 0.0664. The molecule has 2 saturated heterocycles. The fourth-order valence-corrected chi connectivity index (χ4v) is 6.77. The summed E-state index contributed by atoms with van der Waals surface area (Å²) in [6.07, 6.45) is -0.941. The summed E-state index contributed by atoms with van der Waals surface area (Å²) in [5, 5.41) is 0. The molecule has 0 spiro atoms. The lowest BCUT2D eigenvalue weighted by atomic mass is 9.96. The van der Waals surface area contributed by atoms with Crippen LogP contribution < -0.4 is 9.64 Å². The fourth-order valence-electron chi connectivity index (χ4n) is 6.77. The number of unbranched alkanes of at least 4 members (excludes halogenated alkanes) is 1. The highest BCUT2D eigenvalue weighted by atomic mass is 19.4. The highest BCUT2D eigenvalue weighted by Crippen LogP contribution is 2.45. The SMILES string of the molecule is COCCCCN1C(=O)C(C)(COCCOC2CCCCO2)Oc2cc(C(F)(F)F)c(C(=O)N(C(C)C)[C@@H]3CCCN(C(=O)OC(C)(C)C)C3)cc21. The maximum atomic E-state index is 14.9. The average Bonchev–Trinajstić information content (AvgIpc) is 3.07. The summed E-state index contributed by atoms with van der Waals surface area (Å²) in [4.78, 5) is 45.7. The Kier molecular flexibility index (Phi) is 14.2. The third-order valence-electron chi connectivity index (χ3n) is 9.22. The van der Waals surface area contributed by atoms with Crippen LogP contribution in [0.5, 0.6) is 5.75 Å². The van der Waals surface area contributed by atoms with Crippen molar-refractivity contribution in [2.75, 3.05) is 64.7 Å². The average molecular weight is 744 g/mol. The van der Waals surface area contributed by atoms with E-state index in [1.165, 1.54) is 21.6 Å². The lowest BCUT2D eigenvalue weighted by Crippen LogP contribution is -2.57. The summed E-state index contributed by atoms with van der Waals surface area (Å²) in [5.74, 6) is -1.54. The van der Waals surface area contributed by atoms with E-state index >= 15 is 0 Å². The maximum absolute atomic E-state index is 14.9. The molecule has 0 radical (unpaired) electrons. The van der Waals surface area contributed by atoms with E-state index in [1.807, 2.05) is 0 Å². The van der Waals surface area contributed by atoms with Gasteiger partial charge in [0.1, 0.15) is 11.4 Å². The zero-order valence-corrected chi connectivity index (χ0v) is 31.6. The summed E-state index contributed by atoms with van der Waals surface area (Å²) in [5.41, 5.74) is -4.11. The van der Waals surface area contributed by atoms with Crippen molar-refractivity contribution in [3.05, 3.63) is 23.3 Å². The first kappa shape index (κ1) is 41.6. The Morgan fingerprint density at radius 2 is 1.81 bits per heavy atom. The van der Waals surface area contributed by atoms with Gasteiger partial charge in [0.05, 0.1) is 42.7 Å². The number of alkyl halides is 3. The van der Waals surface area contributed by atoms with E-state index in [9.17, 15) is 27.6 Å². The molecule has 2 fully saturated rings. The van der Waals surface area contributed by atoms with Crippen molar-refractivity contribution in [3.63, 3.8) is 0 Å². The van der Waals surface area contributed by atoms with Crippen LogP contribution in [0.25, 0.3) is 0 Å². The monoisotopic (exact) mass is 743 g/mol. The zero-order chi connectivity index (χ0) is 38.3. The number of carbonyl (C=O) groups is 3. The smallest absolute Gasteiger partial charge is 0.417 e. The summed E-state index contributed by atoms with van der Waals surface area (Å²) in [6.45, 7) is 12.0. The molecule has 0 saturated carbocycles. The van der Waals surface area contributed by atoms with Crippen molar-refractivity contribution in [1.29, 1.82) is 0 Å². The largest absolute Gasteiger partial charge is 0.473 e. The summed E-state index contributed by atoms with van der Waals surface area (Å²) >= 11 is 0. The van der Waals surface area contributed by atoms with Crippen molar-refractivity contribution in [1.82, 2.24) is 9.80 Å². The Labute approximate surface area is 305 Å². The van der Waals surface area contributed by atoms with Gasteiger partial charge < -0.3 is 43.1 Å². The van der Waals surface area contributed by atoms with Crippen molar-refractivity contribution < 1.29 is 56.0 Å². The molecule has 3 heterocycles. The molecule has 12 nitrogen and oxygen atoms in total. The zero-order valence-electron chi connectivity index (χ0n) is 31.6. The Hall–Kier alpha value is -3.14. The number of halogens is 3. The maximum Gasteiger partial charge on any atom is 0.417 e. The van der Waals surface area contributed by atoms with Gasteiger partial charge in [0.25, 0.3) is 11.8 Å². The minimum atomic E-state index is -4.93. The van der Waals surface area contributed by atoms with Gasteiger partial charge in [-0.15, -0.1) is 0 Å². The van der Waals surface area contributed by atoms with Crippen LogP contribution in [0.3, 0.4) is 0 Å². The molecule has 0 aliphatic carbocycles. The van der Waals surface area contributed by atoms with E-state index in [1.54, 1.807) is 41.7 Å². The number of piperidine rings is 1. The number of rotatable bonds is 14. The number of amides is 3. The first-order chi connectivity index (χ1) is 24.4. The predicted molar refractivity (Wildman–Crippen MR) is 186 cm³/mol. The first-order valence-electron chi connectivity index (χ1n) is 18.3. The predicted octanol–water partition coefficient (Wildman–Crippen LogP) is 6.43. The second kappa shape index (κ2) is 17.8. The number of methoxy groups -OCH3 is 1. The molecule has 294 valence electrons. The van der Waals surface area contributed by atoms with Gasteiger partial charge in [-0.3, -0.25) is 9.59 Å². The number of carbonyl (C=O) groups excluding carboxylic acids is 3. The molecule has 0 N–H and O–H groups in total. The van der Waals surface area contributed by atoms with Crippen LogP contribution >= 0.6 is 0 Å². The number of fused-ring (bicyclic) bond motifs is 1. The summed E-state index contributed by atoms with van der Waals surface area (Å²) in [6, 6.07) is 0.857. The lowest BCUT2D eigenvalue weighted by molar-refractivity contribution is -0.172. The van der Waals surface area contributed by atoms with Crippen LogP contribution in [-0.2, 0) is 34.7 Å². The van der Waals surface area contributed by atoms with Crippen molar-refractivity contribution in [2.45, 2.75) is 122 Å². The third-order valence-corrected chi connectivity index (χ3v) is 9.22. The van der Waals surface area contributed by atoms with Crippen LogP contribution in [-0.4, -0.2) is 117 Å². The van der Waals surface area contributed by atoms with E-state index in [-0.39, 0.29) is 50.6 Å². The molecule has 15 heteroatoms. The minimum Gasteiger partial charge on any atom is -0.473 e. The van der Waals surface area contributed by atoms with Crippen LogP contribution in [0.4, 0.5) is 23.7 Å². The van der Waals surface area contributed by atoms with Crippen LogP contribution in [0.2, 0.25) is 0 Å². The normalized spacial score (nSPS) is 22.6. The van der Waals surface area contributed by atoms with Gasteiger partial charge >= 0.3 is 12.3 Å². The molecule has 2 unspecified atom stereocenters. The molecule has 3 atom stereocenters. The summed E-state index contributed by atoms with van der Waals surface area (Å²) < 4.78 is 78.4. The van der Waals surface area contributed by atoms with E-state index in [2.05, 4.69) is 0 Å². The number of benzene rings is 1. The van der Waals surface area contributed by atoms with E-state index in [0.29, 0.717) is 45.4 Å². The van der Waals surface area contributed by atoms with Crippen LogP contribution in [0.1, 0.15) is 102 Å². The lowest BCUT2D eigenvalue weighted by Gasteiger charge is -2.43. The van der Waals surface area contributed by atoms with Gasteiger partial charge in [-0.05, 0) is 98.6 Å². The van der Waals surface area contributed by atoms with Crippen molar-refractivity contribution >= 4 is 23.6 Å². The molecule has 3 aliphatic heterocycles. The Morgan fingerprint density at radius 1 is 1.06 bits per heavy atom. The number of hydrogen-bond acceptors (Lipinski definition) is 9. The van der Waals surface area contributed by atoms with Gasteiger partial charge in [0.2, 0.25) is 5.60 Å². The Balaban J connectivity index is 1.64. The number of ether oxygens (including phenoxy) is 6. The van der Waals surface area contributed by atoms with Gasteiger partial charge in [-0.2, -0.15) is 13.2 Å². The van der Waals surface area contributed by atoms with Gasteiger partial charge in [0, 0.05) is 46.0 Å². The number of anilines is 1. The molecule has 0 aromatic heterocycles. The topological polar surface area (TPSA) is 116 Å². The van der Waals surface area contributed by atoms with Crippen LogP contribution in [0, 0.1) is 0 Å². The first-order valence-corrected chi connectivity index (χ1v) is 18.3. The molecule has 52 heavy (non-hydrogen) atoms. The van der Waals surface area contributed by atoms with Crippen molar-refractivity contribution in [2.24, 2.45) is 0 Å². The van der Waals surface area contributed by atoms with Crippen molar-refractivity contribution in [3.8, 4) is 5.75 Å². The molecule has 1 aromatic carbocycles. The highest BCUT2D eigenvalue weighted by Gasteiger charge is 2.48. The second-order valence-corrected chi connectivity index (χ2v) is 15.1. The number of hydrogen-bond donors (Lipinski definition) is 0. The number of nitrogens with zero attached hydrogens (tertiary/aromatic N) is 3. The van der Waals surface area contributed by atoms with E-state index in [0.717, 1.165) is 31.4 Å². The molecule has 3 amide bonds. The third kappa shape index (κ3) is 10.7. The van der Waals surface area contributed by atoms with Gasteiger partial charge in [-0.1, -0.05) is 0 Å². The molecular formula is C37H56F3N3O9. The molecule has 0 bridgehead atoms. The Morgan fingerprint density at radius 3 is 2.44 bits per heavy atom. The standard InChI is InChI=1S/C37H56F3N3O9/c1-25(2)43(26-13-12-15-41(23-26)34(46)52-35(3,4)5)32(44)27-21-29-30(22-28(27)37(38,39)40)51-36(6,33(45)42(29)16-9-11-17-47-7)24-48-19-20-50-31-14-8-10-18-49-31/h21-22,25-26,31H,8-20,23-24H2,1-7H3/t26-,31?,36?/m1/s1. The fraction of sp³-hybridized carbons (Fsp3) is 0.757. The number of likely N-dealkylation sites (tertiary alicyclic amines) is 1. The van der Waals surface area contributed by atoms with E-state index in [4.69, 9.17) is 28.4 Å². The highest BCUT2D eigenvalue weighted by molar-refractivity contribution is 6.05. The van der Waals surface area contributed by atoms with Gasteiger partial charge in [-0.25, -0.2) is 4.79 Å². The Bertz CT molecular complexity index is 1380. The van der Waals surface area contributed by atoms with Crippen LogP contribution in [0.15, 0.2) is 12.1 Å².